The maximum absolute atomic E-state index is 10.5. The van der Waals surface area contributed by atoms with Gasteiger partial charge in [0.1, 0.15) is 0 Å². The lowest BCUT2D eigenvalue weighted by atomic mass is 9.89. The Morgan fingerprint density at radius 1 is 1.34 bits per heavy atom. The van der Waals surface area contributed by atoms with Crippen LogP contribution in [0.25, 0.3) is 0 Å². The van der Waals surface area contributed by atoms with Crippen molar-refractivity contribution < 1.29 is 24.9 Å². The first-order valence-electron chi connectivity index (χ1n) is 10.4. The van der Waals surface area contributed by atoms with Crippen LogP contribution in [0.3, 0.4) is 0 Å². The van der Waals surface area contributed by atoms with E-state index in [1.165, 1.54) is 10.4 Å². The van der Waals surface area contributed by atoms with Crippen LogP contribution in [0, 0.1) is 18.8 Å². The van der Waals surface area contributed by atoms with Crippen molar-refractivity contribution in [2.45, 2.75) is 70.2 Å². The molecule has 0 unspecified atom stereocenters. The fourth-order valence-corrected chi connectivity index (χ4v) is 4.72. The van der Waals surface area contributed by atoms with Crippen molar-refractivity contribution in [2.24, 2.45) is 11.8 Å². The number of rotatable bonds is 12. The van der Waals surface area contributed by atoms with Crippen LogP contribution in [0.5, 0.6) is 0 Å². The fourth-order valence-electron chi connectivity index (χ4n) is 3.96. The number of carboxylic acids is 1. The molecule has 0 aromatic carbocycles. The Labute approximate surface area is 177 Å². The number of aliphatic carboxylic acids is 1. The Morgan fingerprint density at radius 3 is 2.79 bits per heavy atom. The van der Waals surface area contributed by atoms with E-state index < -0.39 is 18.2 Å². The number of methoxy groups -OCH3 is 1. The summed E-state index contributed by atoms with van der Waals surface area (Å²) in [6.07, 6.45) is 11.3. The van der Waals surface area contributed by atoms with E-state index in [1.54, 1.807) is 18.4 Å². The van der Waals surface area contributed by atoms with Crippen molar-refractivity contribution in [3.8, 4) is 0 Å². The summed E-state index contributed by atoms with van der Waals surface area (Å²) in [6, 6.07) is 2.16. The van der Waals surface area contributed by atoms with Crippen LogP contribution in [-0.4, -0.2) is 46.7 Å². The van der Waals surface area contributed by atoms with E-state index in [9.17, 15) is 15.0 Å². The predicted molar refractivity (Wildman–Crippen MR) is 116 cm³/mol. The van der Waals surface area contributed by atoms with Gasteiger partial charge in [-0.25, -0.2) is 0 Å². The number of aliphatic hydroxyl groups is 2. The van der Waals surface area contributed by atoms with Gasteiger partial charge in [0.25, 0.3) is 0 Å². The first kappa shape index (κ1) is 23.8. The van der Waals surface area contributed by atoms with E-state index in [-0.39, 0.29) is 24.4 Å². The maximum Gasteiger partial charge on any atom is 0.303 e. The van der Waals surface area contributed by atoms with Crippen molar-refractivity contribution in [1.82, 2.24) is 0 Å². The second-order valence-electron chi connectivity index (χ2n) is 7.80. The van der Waals surface area contributed by atoms with Crippen molar-refractivity contribution in [2.75, 3.05) is 7.11 Å². The predicted octanol–water partition coefficient (Wildman–Crippen LogP) is 4.12. The molecule has 0 saturated heterocycles. The van der Waals surface area contributed by atoms with E-state index in [0.29, 0.717) is 25.7 Å². The summed E-state index contributed by atoms with van der Waals surface area (Å²) in [5, 5.41) is 31.5. The zero-order valence-electron chi connectivity index (χ0n) is 17.4. The monoisotopic (exact) mass is 422 g/mol. The van der Waals surface area contributed by atoms with Gasteiger partial charge in [-0.1, -0.05) is 24.3 Å². The standard InChI is InChI=1S/C23H34O5S/c1-16-17(13-14-29-16)9-10-18(28-2)11-12-20-19(21(24)15-22(20)25)7-5-3-4-6-8-23(26)27/h3,5,11-14,18-22,24-25H,4,6-10,15H2,1-2H3,(H,26,27)/t18-,19-,20-,21+,22+/m1/s1. The van der Waals surface area contributed by atoms with Gasteiger partial charge in [0.2, 0.25) is 0 Å². The number of thiophene rings is 1. The van der Waals surface area contributed by atoms with Gasteiger partial charge in [0, 0.05) is 30.7 Å². The third-order valence-corrected chi connectivity index (χ3v) is 6.66. The molecule has 0 spiro atoms. The summed E-state index contributed by atoms with van der Waals surface area (Å²) >= 11 is 1.76. The highest BCUT2D eigenvalue weighted by Crippen LogP contribution is 2.36. The van der Waals surface area contributed by atoms with Gasteiger partial charge in [0.05, 0.1) is 18.3 Å². The molecule has 1 aliphatic rings. The molecule has 1 heterocycles. The number of ether oxygens (including phenoxy) is 1. The van der Waals surface area contributed by atoms with Crippen LogP contribution >= 0.6 is 11.3 Å². The van der Waals surface area contributed by atoms with E-state index >= 15 is 0 Å². The number of allylic oxidation sites excluding steroid dienone is 2. The molecule has 5 nitrogen and oxygen atoms in total. The summed E-state index contributed by atoms with van der Waals surface area (Å²) in [5.41, 5.74) is 1.35. The SMILES string of the molecule is CO[C@@H](C=C[C@@H]1[C@@H](CC=CCCCC(=O)O)[C@@H](O)C[C@@H]1O)CCc1ccsc1C. The molecule has 0 radical (unpaired) electrons. The number of carboxylic acid groups (broad SMARTS) is 1. The molecule has 0 aliphatic heterocycles. The summed E-state index contributed by atoms with van der Waals surface area (Å²) in [6.45, 7) is 2.13. The van der Waals surface area contributed by atoms with Crippen LogP contribution in [0.4, 0.5) is 0 Å². The molecule has 0 bridgehead atoms. The molecule has 1 aliphatic carbocycles. The molecule has 29 heavy (non-hydrogen) atoms. The molecule has 162 valence electrons. The van der Waals surface area contributed by atoms with Gasteiger partial charge < -0.3 is 20.1 Å². The van der Waals surface area contributed by atoms with Gasteiger partial charge in [0.15, 0.2) is 0 Å². The summed E-state index contributed by atoms with van der Waals surface area (Å²) in [4.78, 5) is 11.9. The number of aryl methyl sites for hydroxylation is 2. The minimum atomic E-state index is -0.778. The second-order valence-corrected chi connectivity index (χ2v) is 8.92. The quantitative estimate of drug-likeness (QED) is 0.348. The van der Waals surface area contributed by atoms with Crippen LogP contribution in [0.2, 0.25) is 0 Å². The number of hydrogen-bond acceptors (Lipinski definition) is 5. The van der Waals surface area contributed by atoms with Gasteiger partial charge in [-0.2, -0.15) is 0 Å². The molecule has 2 rings (SSSR count). The largest absolute Gasteiger partial charge is 0.481 e. The van der Waals surface area contributed by atoms with E-state index in [4.69, 9.17) is 9.84 Å². The highest BCUT2D eigenvalue weighted by molar-refractivity contribution is 7.10. The van der Waals surface area contributed by atoms with Crippen LogP contribution in [0.15, 0.2) is 35.8 Å². The smallest absolute Gasteiger partial charge is 0.303 e. The fraction of sp³-hybridized carbons (Fsp3) is 0.609. The summed E-state index contributed by atoms with van der Waals surface area (Å²) in [5.74, 6) is -0.914. The zero-order chi connectivity index (χ0) is 21.2. The van der Waals surface area contributed by atoms with Crippen molar-refractivity contribution in [1.29, 1.82) is 0 Å². The van der Waals surface area contributed by atoms with E-state index in [2.05, 4.69) is 18.4 Å². The zero-order valence-corrected chi connectivity index (χ0v) is 18.2. The second kappa shape index (κ2) is 12.3. The average molecular weight is 423 g/mol. The Morgan fingerprint density at radius 2 is 2.14 bits per heavy atom. The number of aliphatic hydroxyl groups excluding tert-OH is 2. The maximum atomic E-state index is 10.5. The lowest BCUT2D eigenvalue weighted by molar-refractivity contribution is -0.137. The molecule has 3 N–H and O–H groups in total. The Bertz CT molecular complexity index is 681. The highest BCUT2D eigenvalue weighted by Gasteiger charge is 2.39. The molecular weight excluding hydrogens is 388 g/mol. The molecule has 1 fully saturated rings. The van der Waals surface area contributed by atoms with E-state index in [0.717, 1.165) is 12.8 Å². The van der Waals surface area contributed by atoms with Crippen LogP contribution in [0.1, 0.15) is 49.0 Å². The molecule has 5 atom stereocenters. The van der Waals surface area contributed by atoms with Gasteiger partial charge in [-0.15, -0.1) is 11.3 Å². The molecule has 1 aromatic heterocycles. The average Bonchev–Trinajstić information content (AvgIpc) is 3.20. The first-order valence-corrected chi connectivity index (χ1v) is 11.3. The molecule has 1 saturated carbocycles. The Balaban J connectivity index is 1.88. The van der Waals surface area contributed by atoms with E-state index in [1.807, 2.05) is 24.3 Å². The van der Waals surface area contributed by atoms with Gasteiger partial charge in [-0.05, 0) is 62.0 Å². The van der Waals surface area contributed by atoms with Gasteiger partial charge in [-0.3, -0.25) is 4.79 Å². The topological polar surface area (TPSA) is 87.0 Å². The Kier molecular flexibility index (Phi) is 10.1. The lowest BCUT2D eigenvalue weighted by Gasteiger charge is -2.20. The number of unbranched alkanes of at least 4 members (excludes halogenated alkanes) is 1. The van der Waals surface area contributed by atoms with Crippen molar-refractivity contribution in [3.63, 3.8) is 0 Å². The van der Waals surface area contributed by atoms with Gasteiger partial charge >= 0.3 is 5.97 Å². The molecule has 6 heteroatoms. The number of hydrogen-bond donors (Lipinski definition) is 3. The van der Waals surface area contributed by atoms with Crippen LogP contribution in [-0.2, 0) is 16.0 Å². The number of carbonyl (C=O) groups is 1. The van der Waals surface area contributed by atoms with Crippen LogP contribution < -0.4 is 0 Å². The normalized spacial score (nSPS) is 25.9. The summed E-state index contributed by atoms with van der Waals surface area (Å²) < 4.78 is 5.60. The molecule has 0 amide bonds. The lowest BCUT2D eigenvalue weighted by Crippen LogP contribution is -2.20. The third-order valence-electron chi connectivity index (χ3n) is 5.77. The van der Waals surface area contributed by atoms with Crippen molar-refractivity contribution >= 4 is 17.3 Å². The summed E-state index contributed by atoms with van der Waals surface area (Å²) in [7, 11) is 1.70. The minimum absolute atomic E-state index is 0.0218. The Hall–Kier alpha value is -1.47. The van der Waals surface area contributed by atoms with Crippen molar-refractivity contribution in [3.05, 3.63) is 46.2 Å². The third kappa shape index (κ3) is 7.70. The highest BCUT2D eigenvalue weighted by atomic mass is 32.1. The minimum Gasteiger partial charge on any atom is -0.481 e. The molecular formula is C23H34O5S. The molecule has 1 aromatic rings. The first-order chi connectivity index (χ1) is 13.9.